The molecule has 2 rings (SSSR count). The first-order valence-corrected chi connectivity index (χ1v) is 4.08. The Morgan fingerprint density at radius 2 is 2.23 bits per heavy atom. The number of nitrogens with one attached hydrogen (secondary N) is 1. The first-order chi connectivity index (χ1) is 6.24. The van der Waals surface area contributed by atoms with Crippen molar-refractivity contribution in [2.75, 3.05) is 0 Å². The summed E-state index contributed by atoms with van der Waals surface area (Å²) in [6, 6.07) is 1.88. The Labute approximate surface area is 83.1 Å². The molecule has 0 spiro atoms. The number of H-pyrrole nitrogens is 1. The van der Waals surface area contributed by atoms with Crippen LogP contribution < -0.4 is 0 Å². The van der Waals surface area contributed by atoms with Crippen LogP contribution in [0.5, 0.6) is 0 Å². The van der Waals surface area contributed by atoms with Crippen LogP contribution in [0.2, 0.25) is 10.2 Å². The molecule has 0 aromatic carbocycles. The molecule has 0 aliphatic heterocycles. The zero-order valence-electron chi connectivity index (χ0n) is 6.17. The molecule has 2 heterocycles. The van der Waals surface area contributed by atoms with E-state index in [1.807, 2.05) is 6.07 Å². The summed E-state index contributed by atoms with van der Waals surface area (Å²) in [6.45, 7) is 0. The number of nitriles is 1. The zero-order valence-corrected chi connectivity index (χ0v) is 7.69. The van der Waals surface area contributed by atoms with Gasteiger partial charge in [-0.1, -0.05) is 23.2 Å². The van der Waals surface area contributed by atoms with E-state index in [9.17, 15) is 0 Å². The molecule has 6 heteroatoms. The largest absolute Gasteiger partial charge is 0.261 e. The normalized spacial score (nSPS) is 10.2. The molecule has 1 N–H and O–H groups in total. The number of aromatic amines is 1. The van der Waals surface area contributed by atoms with Crippen molar-refractivity contribution in [3.8, 4) is 6.07 Å². The molecular weight excluding hydrogens is 211 g/mol. The van der Waals surface area contributed by atoms with E-state index in [1.165, 1.54) is 6.20 Å². The lowest BCUT2D eigenvalue weighted by Crippen LogP contribution is -1.86. The summed E-state index contributed by atoms with van der Waals surface area (Å²) in [5, 5.41) is 16.0. The Hall–Kier alpha value is -1.31. The minimum absolute atomic E-state index is 0.0873. The number of nitrogens with zero attached hydrogens (tertiary/aromatic N) is 3. The van der Waals surface area contributed by atoms with Crippen molar-refractivity contribution in [1.29, 1.82) is 5.26 Å². The molecule has 0 aliphatic carbocycles. The maximum absolute atomic E-state index is 8.71. The van der Waals surface area contributed by atoms with Crippen molar-refractivity contribution in [2.45, 2.75) is 0 Å². The molecule has 0 atom stereocenters. The number of hydrogen-bond donors (Lipinski definition) is 1. The first-order valence-electron chi connectivity index (χ1n) is 3.32. The van der Waals surface area contributed by atoms with E-state index < -0.39 is 0 Å². The van der Waals surface area contributed by atoms with Crippen LogP contribution in [0.25, 0.3) is 11.0 Å². The van der Waals surface area contributed by atoms with Crippen molar-refractivity contribution >= 4 is 34.2 Å². The van der Waals surface area contributed by atoms with Gasteiger partial charge in [-0.3, -0.25) is 5.10 Å². The lowest BCUT2D eigenvalue weighted by molar-refractivity contribution is 1.10. The predicted octanol–water partition coefficient (Wildman–Crippen LogP) is 2.14. The molecule has 0 unspecified atom stereocenters. The third-order valence-corrected chi connectivity index (χ3v) is 2.27. The Kier molecular flexibility index (Phi) is 1.83. The number of aromatic nitrogens is 3. The summed E-state index contributed by atoms with van der Waals surface area (Å²) in [7, 11) is 0. The van der Waals surface area contributed by atoms with E-state index in [-0.39, 0.29) is 15.7 Å². The smallest absolute Gasteiger partial charge is 0.158 e. The maximum Gasteiger partial charge on any atom is 0.158 e. The van der Waals surface area contributed by atoms with E-state index in [1.54, 1.807) is 0 Å². The average Bonchev–Trinajstić information content (AvgIpc) is 2.53. The Bertz CT molecular complexity index is 511. The molecule has 2 aromatic rings. The zero-order chi connectivity index (χ0) is 9.42. The lowest BCUT2D eigenvalue weighted by Gasteiger charge is -1.97. The quantitative estimate of drug-likeness (QED) is 0.681. The van der Waals surface area contributed by atoms with Crippen molar-refractivity contribution in [3.05, 3.63) is 21.9 Å². The predicted molar refractivity (Wildman–Crippen MR) is 48.6 cm³/mol. The summed E-state index contributed by atoms with van der Waals surface area (Å²) in [5.41, 5.74) is 0.659. The van der Waals surface area contributed by atoms with Gasteiger partial charge in [0, 0.05) is 0 Å². The molecule has 0 saturated carbocycles. The highest BCUT2D eigenvalue weighted by Crippen LogP contribution is 2.28. The van der Waals surface area contributed by atoms with Gasteiger partial charge in [-0.15, -0.1) is 0 Å². The minimum atomic E-state index is 0.0873. The third kappa shape index (κ3) is 1.13. The van der Waals surface area contributed by atoms with Crippen LogP contribution in [0.4, 0.5) is 0 Å². The molecular formula is C7H2Cl2N4. The number of hydrogen-bond acceptors (Lipinski definition) is 3. The van der Waals surface area contributed by atoms with Crippen molar-refractivity contribution in [1.82, 2.24) is 15.2 Å². The third-order valence-electron chi connectivity index (χ3n) is 1.60. The molecule has 4 nitrogen and oxygen atoms in total. The van der Waals surface area contributed by atoms with Gasteiger partial charge in [-0.2, -0.15) is 10.4 Å². The molecule has 0 amide bonds. The highest BCUT2D eigenvalue weighted by atomic mass is 35.5. The lowest BCUT2D eigenvalue weighted by atomic mass is 10.2. The van der Waals surface area contributed by atoms with Crippen molar-refractivity contribution in [3.63, 3.8) is 0 Å². The van der Waals surface area contributed by atoms with Crippen LogP contribution in [-0.4, -0.2) is 15.2 Å². The van der Waals surface area contributed by atoms with Gasteiger partial charge >= 0.3 is 0 Å². The monoisotopic (exact) mass is 212 g/mol. The Morgan fingerprint density at radius 3 is 2.92 bits per heavy atom. The fraction of sp³-hybridized carbons (Fsp3) is 0. The number of pyridine rings is 1. The Morgan fingerprint density at radius 1 is 1.46 bits per heavy atom. The van der Waals surface area contributed by atoms with Crippen LogP contribution in [0.15, 0.2) is 6.20 Å². The van der Waals surface area contributed by atoms with Crippen LogP contribution >= 0.6 is 23.2 Å². The molecule has 2 aromatic heterocycles. The van der Waals surface area contributed by atoms with Gasteiger partial charge in [-0.25, -0.2) is 4.98 Å². The van der Waals surface area contributed by atoms with Gasteiger partial charge in [0.15, 0.2) is 10.8 Å². The van der Waals surface area contributed by atoms with Gasteiger partial charge in [0.2, 0.25) is 0 Å². The summed E-state index contributed by atoms with van der Waals surface area (Å²) in [6.07, 6.45) is 1.50. The number of halogens is 2. The molecule has 0 fully saturated rings. The van der Waals surface area contributed by atoms with E-state index in [2.05, 4.69) is 15.2 Å². The minimum Gasteiger partial charge on any atom is -0.261 e. The van der Waals surface area contributed by atoms with E-state index in [4.69, 9.17) is 28.5 Å². The van der Waals surface area contributed by atoms with E-state index >= 15 is 0 Å². The first kappa shape index (κ1) is 8.30. The average molecular weight is 213 g/mol. The number of fused-ring (bicyclic) bond motifs is 1. The van der Waals surface area contributed by atoms with Gasteiger partial charge in [0.1, 0.15) is 11.6 Å². The summed E-state index contributed by atoms with van der Waals surface area (Å²) >= 11 is 11.6. The molecule has 0 aliphatic rings. The van der Waals surface area contributed by atoms with Crippen LogP contribution in [0.3, 0.4) is 0 Å². The van der Waals surface area contributed by atoms with Gasteiger partial charge in [0.05, 0.1) is 16.6 Å². The summed E-state index contributed by atoms with van der Waals surface area (Å²) in [4.78, 5) is 3.91. The number of rotatable bonds is 0. The molecule has 64 valence electrons. The van der Waals surface area contributed by atoms with Gasteiger partial charge in [0.25, 0.3) is 0 Å². The standard InChI is InChI=1S/C7H2Cl2N4/c8-5-3(1-10)6(9)12-7-4(5)2-11-13-7/h2H,(H,11,12,13). The molecule has 0 bridgehead atoms. The van der Waals surface area contributed by atoms with Gasteiger partial charge < -0.3 is 0 Å². The van der Waals surface area contributed by atoms with Gasteiger partial charge in [-0.05, 0) is 0 Å². The molecule has 0 radical (unpaired) electrons. The maximum atomic E-state index is 8.71. The highest BCUT2D eigenvalue weighted by molar-refractivity contribution is 6.39. The second-order valence-electron chi connectivity index (χ2n) is 2.34. The van der Waals surface area contributed by atoms with E-state index in [0.717, 1.165) is 0 Å². The second-order valence-corrected chi connectivity index (χ2v) is 3.07. The summed E-state index contributed by atoms with van der Waals surface area (Å²) < 4.78 is 0. The highest BCUT2D eigenvalue weighted by Gasteiger charge is 2.12. The fourth-order valence-corrected chi connectivity index (χ4v) is 1.54. The second kappa shape index (κ2) is 2.87. The molecule has 0 saturated heterocycles. The van der Waals surface area contributed by atoms with E-state index in [0.29, 0.717) is 11.0 Å². The van der Waals surface area contributed by atoms with Crippen molar-refractivity contribution < 1.29 is 0 Å². The van der Waals surface area contributed by atoms with Crippen LogP contribution in [-0.2, 0) is 0 Å². The Balaban J connectivity index is 2.95. The topological polar surface area (TPSA) is 65.4 Å². The van der Waals surface area contributed by atoms with Crippen LogP contribution in [0, 0.1) is 11.3 Å². The molecule has 13 heavy (non-hydrogen) atoms. The van der Waals surface area contributed by atoms with Crippen LogP contribution in [0.1, 0.15) is 5.56 Å². The fourth-order valence-electron chi connectivity index (χ4n) is 1.000. The SMILES string of the molecule is N#Cc1c(Cl)nc2[nH]ncc2c1Cl. The van der Waals surface area contributed by atoms with Crippen molar-refractivity contribution in [2.24, 2.45) is 0 Å². The summed E-state index contributed by atoms with van der Waals surface area (Å²) in [5.74, 6) is 0.